The summed E-state index contributed by atoms with van der Waals surface area (Å²) in [6.07, 6.45) is 4.36. The summed E-state index contributed by atoms with van der Waals surface area (Å²) in [5.41, 5.74) is 2.67. The van der Waals surface area contributed by atoms with Gasteiger partial charge in [0, 0.05) is 43.1 Å². The number of rotatable bonds is 4. The normalized spacial score (nSPS) is 25.3. The van der Waals surface area contributed by atoms with Crippen molar-refractivity contribution in [3.8, 4) is 0 Å². The van der Waals surface area contributed by atoms with E-state index in [2.05, 4.69) is 41.4 Å². The van der Waals surface area contributed by atoms with Crippen LogP contribution in [-0.4, -0.2) is 41.4 Å². The summed E-state index contributed by atoms with van der Waals surface area (Å²) in [6.45, 7) is 4.98. The monoisotopic (exact) mass is 332 g/mol. The van der Waals surface area contributed by atoms with Crippen LogP contribution in [0.1, 0.15) is 36.8 Å². The molecule has 1 aromatic carbocycles. The van der Waals surface area contributed by atoms with Gasteiger partial charge < -0.3 is 10.2 Å². The number of amides is 1. The molecule has 1 N–H and O–H groups in total. The molecule has 0 bridgehead atoms. The first-order valence-corrected chi connectivity index (χ1v) is 10.0. The summed E-state index contributed by atoms with van der Waals surface area (Å²) in [6, 6.07) is 9.26. The zero-order chi connectivity index (χ0) is 16.1. The van der Waals surface area contributed by atoms with Gasteiger partial charge >= 0.3 is 0 Å². The van der Waals surface area contributed by atoms with Crippen molar-refractivity contribution >= 4 is 17.7 Å². The highest BCUT2D eigenvalue weighted by molar-refractivity contribution is 7.99. The Morgan fingerprint density at radius 1 is 1.22 bits per heavy atom. The average molecular weight is 333 g/mol. The molecule has 1 aliphatic heterocycles. The summed E-state index contributed by atoms with van der Waals surface area (Å²) < 4.78 is 0. The smallest absolute Gasteiger partial charge is 0.225 e. The van der Waals surface area contributed by atoms with E-state index in [1.165, 1.54) is 11.1 Å². The number of nitrogens with zero attached hydrogens (tertiary/aromatic N) is 1. The SMILES string of the molecule is Cc1cccc(CNC2CCC(C(=O)N3CCSCC3)CC2)c1. The fraction of sp³-hybridized carbons (Fsp3) is 0.632. The number of nitrogens with one attached hydrogen (secondary N) is 1. The second-order valence-corrected chi connectivity index (χ2v) is 8.08. The van der Waals surface area contributed by atoms with Crippen LogP contribution < -0.4 is 5.32 Å². The number of hydrogen-bond acceptors (Lipinski definition) is 3. The molecule has 0 aromatic heterocycles. The van der Waals surface area contributed by atoms with E-state index in [-0.39, 0.29) is 5.92 Å². The van der Waals surface area contributed by atoms with E-state index in [0.717, 1.165) is 56.8 Å². The van der Waals surface area contributed by atoms with E-state index in [1.807, 2.05) is 11.8 Å². The highest BCUT2D eigenvalue weighted by Gasteiger charge is 2.29. The Balaban J connectivity index is 1.42. The van der Waals surface area contributed by atoms with Gasteiger partial charge in [0.2, 0.25) is 5.91 Å². The fourth-order valence-corrected chi connectivity index (χ4v) is 4.57. The molecule has 0 atom stereocenters. The van der Waals surface area contributed by atoms with Gasteiger partial charge in [-0.05, 0) is 38.2 Å². The quantitative estimate of drug-likeness (QED) is 0.919. The van der Waals surface area contributed by atoms with Gasteiger partial charge in [-0.1, -0.05) is 29.8 Å². The van der Waals surface area contributed by atoms with Crippen molar-refractivity contribution in [2.45, 2.75) is 45.2 Å². The van der Waals surface area contributed by atoms with Crippen LogP contribution >= 0.6 is 11.8 Å². The molecule has 1 saturated carbocycles. The summed E-state index contributed by atoms with van der Waals surface area (Å²) in [5, 5.41) is 3.68. The third-order valence-electron chi connectivity index (χ3n) is 5.08. The molecule has 1 heterocycles. The lowest BCUT2D eigenvalue weighted by molar-refractivity contribution is -0.136. The van der Waals surface area contributed by atoms with Crippen LogP contribution in [0.4, 0.5) is 0 Å². The molecule has 0 unspecified atom stereocenters. The molecule has 4 heteroatoms. The molecular formula is C19H28N2OS. The lowest BCUT2D eigenvalue weighted by Crippen LogP contribution is -2.44. The van der Waals surface area contributed by atoms with Crippen molar-refractivity contribution in [3.63, 3.8) is 0 Å². The maximum absolute atomic E-state index is 12.6. The zero-order valence-corrected chi connectivity index (χ0v) is 14.9. The van der Waals surface area contributed by atoms with Crippen LogP contribution in [0.15, 0.2) is 24.3 Å². The van der Waals surface area contributed by atoms with Gasteiger partial charge in [0.1, 0.15) is 0 Å². The van der Waals surface area contributed by atoms with E-state index in [4.69, 9.17) is 0 Å². The maximum atomic E-state index is 12.6. The minimum absolute atomic E-state index is 0.273. The minimum atomic E-state index is 0.273. The van der Waals surface area contributed by atoms with Crippen LogP contribution in [0.3, 0.4) is 0 Å². The topological polar surface area (TPSA) is 32.3 Å². The van der Waals surface area contributed by atoms with E-state index < -0.39 is 0 Å². The van der Waals surface area contributed by atoms with Crippen molar-refractivity contribution in [1.82, 2.24) is 10.2 Å². The average Bonchev–Trinajstić information content (AvgIpc) is 2.61. The number of hydrogen-bond donors (Lipinski definition) is 1. The molecule has 1 amide bonds. The molecule has 3 nitrogen and oxygen atoms in total. The molecule has 0 radical (unpaired) electrons. The van der Waals surface area contributed by atoms with Gasteiger partial charge in [0.25, 0.3) is 0 Å². The molecule has 23 heavy (non-hydrogen) atoms. The van der Waals surface area contributed by atoms with Crippen LogP contribution in [-0.2, 0) is 11.3 Å². The fourth-order valence-electron chi connectivity index (χ4n) is 3.67. The standard InChI is InChI=1S/C19H28N2OS/c1-15-3-2-4-16(13-15)14-20-18-7-5-17(6-8-18)19(22)21-9-11-23-12-10-21/h2-4,13,17-18,20H,5-12,14H2,1H3. The Kier molecular flexibility index (Phi) is 6.01. The lowest BCUT2D eigenvalue weighted by atomic mass is 9.85. The summed E-state index contributed by atoms with van der Waals surface area (Å²) in [7, 11) is 0. The first-order chi connectivity index (χ1) is 11.2. The van der Waals surface area contributed by atoms with E-state index in [0.29, 0.717) is 11.9 Å². The molecule has 0 spiro atoms. The summed E-state index contributed by atoms with van der Waals surface area (Å²) >= 11 is 1.96. The lowest BCUT2D eigenvalue weighted by Gasteiger charge is -2.34. The van der Waals surface area contributed by atoms with Gasteiger partial charge in [0.15, 0.2) is 0 Å². The van der Waals surface area contributed by atoms with Crippen LogP contribution in [0.2, 0.25) is 0 Å². The van der Waals surface area contributed by atoms with Crippen molar-refractivity contribution in [1.29, 1.82) is 0 Å². The van der Waals surface area contributed by atoms with Crippen molar-refractivity contribution in [2.75, 3.05) is 24.6 Å². The number of benzene rings is 1. The summed E-state index contributed by atoms with van der Waals surface area (Å²) in [4.78, 5) is 14.7. The molecule has 126 valence electrons. The first kappa shape index (κ1) is 16.8. The van der Waals surface area contributed by atoms with E-state index in [1.54, 1.807) is 0 Å². The highest BCUT2D eigenvalue weighted by atomic mass is 32.2. The van der Waals surface area contributed by atoms with Crippen LogP contribution in [0.25, 0.3) is 0 Å². The largest absolute Gasteiger partial charge is 0.341 e. The van der Waals surface area contributed by atoms with Crippen LogP contribution in [0.5, 0.6) is 0 Å². The third kappa shape index (κ3) is 4.74. The Labute approximate surface area is 144 Å². The zero-order valence-electron chi connectivity index (χ0n) is 14.1. The molecular weight excluding hydrogens is 304 g/mol. The molecule has 3 rings (SSSR count). The van der Waals surface area contributed by atoms with Gasteiger partial charge in [-0.15, -0.1) is 0 Å². The maximum Gasteiger partial charge on any atom is 0.225 e. The first-order valence-electron chi connectivity index (χ1n) is 8.88. The molecule has 1 aromatic rings. The Bertz CT molecular complexity index is 520. The highest BCUT2D eigenvalue weighted by Crippen LogP contribution is 2.27. The Hall–Kier alpha value is -1.00. The second-order valence-electron chi connectivity index (χ2n) is 6.86. The summed E-state index contributed by atoms with van der Waals surface area (Å²) in [5.74, 6) is 2.91. The van der Waals surface area contributed by atoms with Crippen molar-refractivity contribution in [3.05, 3.63) is 35.4 Å². The second kappa shape index (κ2) is 8.20. The van der Waals surface area contributed by atoms with Gasteiger partial charge in [-0.3, -0.25) is 4.79 Å². The van der Waals surface area contributed by atoms with E-state index in [9.17, 15) is 4.79 Å². The number of carbonyl (C=O) groups is 1. The number of thioether (sulfide) groups is 1. The third-order valence-corrected chi connectivity index (χ3v) is 6.02. The minimum Gasteiger partial charge on any atom is -0.341 e. The predicted octanol–water partition coefficient (Wildman–Crippen LogP) is 3.22. The van der Waals surface area contributed by atoms with Gasteiger partial charge in [-0.2, -0.15) is 11.8 Å². The van der Waals surface area contributed by atoms with Crippen molar-refractivity contribution < 1.29 is 4.79 Å². The molecule has 1 saturated heterocycles. The Morgan fingerprint density at radius 3 is 2.65 bits per heavy atom. The molecule has 1 aliphatic carbocycles. The predicted molar refractivity (Wildman–Crippen MR) is 97.7 cm³/mol. The number of carbonyl (C=O) groups excluding carboxylic acids is 1. The van der Waals surface area contributed by atoms with Crippen molar-refractivity contribution in [2.24, 2.45) is 5.92 Å². The van der Waals surface area contributed by atoms with Gasteiger partial charge in [-0.25, -0.2) is 0 Å². The Morgan fingerprint density at radius 2 is 1.96 bits per heavy atom. The number of aryl methyl sites for hydroxylation is 1. The van der Waals surface area contributed by atoms with Gasteiger partial charge in [0.05, 0.1) is 0 Å². The molecule has 2 fully saturated rings. The molecule has 2 aliphatic rings. The van der Waals surface area contributed by atoms with E-state index >= 15 is 0 Å². The van der Waals surface area contributed by atoms with Crippen LogP contribution in [0, 0.1) is 12.8 Å².